The van der Waals surface area contributed by atoms with E-state index >= 15 is 0 Å². The number of piperidine rings is 1. The van der Waals surface area contributed by atoms with Crippen LogP contribution in [0.4, 0.5) is 0 Å². The highest BCUT2D eigenvalue weighted by molar-refractivity contribution is 5.80. The number of imidazole rings is 1. The Hall–Kier alpha value is -2.33. The van der Waals surface area contributed by atoms with Crippen molar-refractivity contribution in [3.63, 3.8) is 0 Å². The molecule has 2 aromatic carbocycles. The first-order chi connectivity index (χ1) is 10.9. The Kier molecular flexibility index (Phi) is 3.52. The minimum absolute atomic E-state index is 0.315. The van der Waals surface area contributed by atoms with Crippen LogP contribution in [0.3, 0.4) is 0 Å². The summed E-state index contributed by atoms with van der Waals surface area (Å²) in [5.41, 5.74) is 3.08. The summed E-state index contributed by atoms with van der Waals surface area (Å²) in [6, 6.07) is 16.3. The number of nitrogens with zero attached hydrogens (tertiary/aromatic N) is 1. The molecule has 3 aromatic rings. The molecule has 22 heavy (non-hydrogen) atoms. The molecule has 1 aliphatic rings. The molecule has 0 aliphatic carbocycles. The quantitative estimate of drug-likeness (QED) is 0.778. The molecule has 112 valence electrons. The SMILES string of the molecule is c1ccc(-c2nc3ccc(OC4CCNCC4)cc3[nH]2)cc1. The first kappa shape index (κ1) is 13.3. The van der Waals surface area contributed by atoms with E-state index in [1.807, 2.05) is 30.3 Å². The highest BCUT2D eigenvalue weighted by Gasteiger charge is 2.15. The number of hydrogen-bond acceptors (Lipinski definition) is 3. The van der Waals surface area contributed by atoms with Gasteiger partial charge in [-0.15, -0.1) is 0 Å². The van der Waals surface area contributed by atoms with Crippen LogP contribution in [0.2, 0.25) is 0 Å². The Balaban J connectivity index is 1.60. The van der Waals surface area contributed by atoms with E-state index < -0.39 is 0 Å². The molecule has 1 saturated heterocycles. The van der Waals surface area contributed by atoms with Gasteiger partial charge in [0.1, 0.15) is 17.7 Å². The van der Waals surface area contributed by atoms with Gasteiger partial charge in [0.05, 0.1) is 11.0 Å². The second-order valence-electron chi connectivity index (χ2n) is 5.70. The molecule has 0 unspecified atom stereocenters. The number of rotatable bonds is 3. The van der Waals surface area contributed by atoms with Crippen molar-refractivity contribution in [2.24, 2.45) is 0 Å². The molecular weight excluding hydrogens is 274 g/mol. The van der Waals surface area contributed by atoms with Crippen LogP contribution in [0.1, 0.15) is 12.8 Å². The van der Waals surface area contributed by atoms with Crippen molar-refractivity contribution in [3.8, 4) is 17.1 Å². The number of hydrogen-bond donors (Lipinski definition) is 2. The fourth-order valence-electron chi connectivity index (χ4n) is 2.90. The molecule has 0 amide bonds. The summed E-state index contributed by atoms with van der Waals surface area (Å²) in [6.45, 7) is 2.07. The Labute approximate surface area is 129 Å². The number of nitrogens with one attached hydrogen (secondary N) is 2. The first-order valence-corrected chi connectivity index (χ1v) is 7.81. The van der Waals surface area contributed by atoms with Crippen LogP contribution in [-0.2, 0) is 0 Å². The summed E-state index contributed by atoms with van der Waals surface area (Å²) >= 11 is 0. The maximum atomic E-state index is 6.09. The summed E-state index contributed by atoms with van der Waals surface area (Å²) in [6.07, 6.45) is 2.45. The van der Waals surface area contributed by atoms with Crippen molar-refractivity contribution in [1.82, 2.24) is 15.3 Å². The molecule has 0 radical (unpaired) electrons. The average molecular weight is 293 g/mol. The summed E-state index contributed by atoms with van der Waals surface area (Å²) in [5, 5.41) is 3.36. The monoisotopic (exact) mass is 293 g/mol. The third kappa shape index (κ3) is 2.70. The second kappa shape index (κ2) is 5.81. The van der Waals surface area contributed by atoms with Gasteiger partial charge in [-0.2, -0.15) is 0 Å². The summed E-state index contributed by atoms with van der Waals surface area (Å²) < 4.78 is 6.09. The van der Waals surface area contributed by atoms with E-state index in [9.17, 15) is 0 Å². The predicted octanol–water partition coefficient (Wildman–Crippen LogP) is 3.36. The highest BCUT2D eigenvalue weighted by atomic mass is 16.5. The van der Waals surface area contributed by atoms with Gasteiger partial charge in [0.2, 0.25) is 0 Å². The molecule has 1 fully saturated rings. The van der Waals surface area contributed by atoms with Crippen LogP contribution in [0.15, 0.2) is 48.5 Å². The zero-order chi connectivity index (χ0) is 14.8. The molecule has 4 nitrogen and oxygen atoms in total. The minimum atomic E-state index is 0.315. The van der Waals surface area contributed by atoms with E-state index in [1.54, 1.807) is 0 Å². The molecule has 0 spiro atoms. The largest absolute Gasteiger partial charge is 0.490 e. The highest BCUT2D eigenvalue weighted by Crippen LogP contribution is 2.25. The molecule has 4 rings (SSSR count). The Morgan fingerprint density at radius 2 is 1.82 bits per heavy atom. The number of aromatic nitrogens is 2. The fraction of sp³-hybridized carbons (Fsp3) is 0.278. The van der Waals surface area contributed by atoms with E-state index in [-0.39, 0.29) is 0 Å². The van der Waals surface area contributed by atoms with Crippen LogP contribution >= 0.6 is 0 Å². The number of aromatic amines is 1. The van der Waals surface area contributed by atoms with Gasteiger partial charge in [-0.1, -0.05) is 30.3 Å². The number of benzene rings is 2. The maximum Gasteiger partial charge on any atom is 0.138 e. The van der Waals surface area contributed by atoms with E-state index in [0.29, 0.717) is 6.10 Å². The van der Waals surface area contributed by atoms with Crippen molar-refractivity contribution in [2.75, 3.05) is 13.1 Å². The fourth-order valence-corrected chi connectivity index (χ4v) is 2.90. The van der Waals surface area contributed by atoms with Crippen LogP contribution < -0.4 is 10.1 Å². The number of ether oxygens (including phenoxy) is 1. The third-order valence-corrected chi connectivity index (χ3v) is 4.09. The van der Waals surface area contributed by atoms with Crippen LogP contribution in [-0.4, -0.2) is 29.2 Å². The van der Waals surface area contributed by atoms with Gasteiger partial charge in [0.15, 0.2) is 0 Å². The first-order valence-electron chi connectivity index (χ1n) is 7.81. The molecule has 0 bridgehead atoms. The van der Waals surface area contributed by atoms with Gasteiger partial charge in [0, 0.05) is 11.6 Å². The Bertz CT molecular complexity index is 760. The van der Waals surface area contributed by atoms with E-state index in [1.165, 1.54) is 0 Å². The molecular formula is C18H19N3O. The lowest BCUT2D eigenvalue weighted by molar-refractivity contribution is 0.162. The predicted molar refractivity (Wildman–Crippen MR) is 88.0 cm³/mol. The standard InChI is InChI=1S/C18H19N3O/c1-2-4-13(5-3-1)18-20-16-7-6-15(12-17(16)21-18)22-14-8-10-19-11-9-14/h1-7,12,14,19H,8-11H2,(H,20,21). The van der Waals surface area contributed by atoms with Crippen molar-refractivity contribution in [3.05, 3.63) is 48.5 Å². The van der Waals surface area contributed by atoms with Crippen molar-refractivity contribution < 1.29 is 4.74 Å². The topological polar surface area (TPSA) is 49.9 Å². The van der Waals surface area contributed by atoms with Gasteiger partial charge in [-0.3, -0.25) is 0 Å². The molecule has 2 heterocycles. The zero-order valence-corrected chi connectivity index (χ0v) is 12.4. The van der Waals surface area contributed by atoms with Crippen LogP contribution in [0.5, 0.6) is 5.75 Å². The van der Waals surface area contributed by atoms with Crippen LogP contribution in [0, 0.1) is 0 Å². The van der Waals surface area contributed by atoms with E-state index in [4.69, 9.17) is 4.74 Å². The average Bonchev–Trinajstić information content (AvgIpc) is 3.00. The molecule has 1 aromatic heterocycles. The summed E-state index contributed by atoms with van der Waals surface area (Å²) in [4.78, 5) is 8.04. The van der Waals surface area contributed by atoms with Gasteiger partial charge in [-0.05, 0) is 38.1 Å². The van der Waals surface area contributed by atoms with Crippen molar-refractivity contribution in [1.29, 1.82) is 0 Å². The van der Waals surface area contributed by atoms with Gasteiger partial charge >= 0.3 is 0 Å². The lowest BCUT2D eigenvalue weighted by atomic mass is 10.1. The van der Waals surface area contributed by atoms with Crippen molar-refractivity contribution in [2.45, 2.75) is 18.9 Å². The van der Waals surface area contributed by atoms with Crippen LogP contribution in [0.25, 0.3) is 22.4 Å². The Morgan fingerprint density at radius 3 is 2.64 bits per heavy atom. The maximum absolute atomic E-state index is 6.09. The van der Waals surface area contributed by atoms with Gasteiger partial charge < -0.3 is 15.0 Å². The van der Waals surface area contributed by atoms with E-state index in [2.05, 4.69) is 33.5 Å². The summed E-state index contributed by atoms with van der Waals surface area (Å²) in [7, 11) is 0. The molecule has 2 N–H and O–H groups in total. The normalized spacial score (nSPS) is 16.0. The van der Waals surface area contributed by atoms with Gasteiger partial charge in [0.25, 0.3) is 0 Å². The smallest absolute Gasteiger partial charge is 0.138 e. The molecule has 0 atom stereocenters. The summed E-state index contributed by atoms with van der Waals surface area (Å²) in [5.74, 6) is 1.82. The number of H-pyrrole nitrogens is 1. The Morgan fingerprint density at radius 1 is 1.00 bits per heavy atom. The molecule has 4 heteroatoms. The molecule has 0 saturated carbocycles. The number of fused-ring (bicyclic) bond motifs is 1. The van der Waals surface area contributed by atoms with E-state index in [0.717, 1.165) is 54.1 Å². The van der Waals surface area contributed by atoms with Crippen molar-refractivity contribution >= 4 is 11.0 Å². The zero-order valence-electron chi connectivity index (χ0n) is 12.4. The minimum Gasteiger partial charge on any atom is -0.490 e. The molecule has 1 aliphatic heterocycles. The third-order valence-electron chi connectivity index (χ3n) is 4.09. The second-order valence-corrected chi connectivity index (χ2v) is 5.70. The van der Waals surface area contributed by atoms with Gasteiger partial charge in [-0.25, -0.2) is 4.98 Å². The lowest BCUT2D eigenvalue weighted by Gasteiger charge is -2.23. The lowest BCUT2D eigenvalue weighted by Crippen LogP contribution is -2.34.